The van der Waals surface area contributed by atoms with Crippen molar-refractivity contribution in [1.29, 1.82) is 0 Å². The van der Waals surface area contributed by atoms with E-state index < -0.39 is 10.0 Å². The number of hydrogen-bond acceptors (Lipinski definition) is 6. The van der Waals surface area contributed by atoms with Crippen LogP contribution in [0, 0.1) is 5.92 Å². The molecule has 1 aromatic carbocycles. The van der Waals surface area contributed by atoms with Gasteiger partial charge in [0.15, 0.2) is 0 Å². The third-order valence-corrected chi connectivity index (χ3v) is 6.74. The molecule has 0 amide bonds. The maximum atomic E-state index is 12.1. The molecule has 2 atom stereocenters. The summed E-state index contributed by atoms with van der Waals surface area (Å²) in [5.74, 6) is 0.910. The van der Waals surface area contributed by atoms with Crippen LogP contribution in [0.25, 0.3) is 10.4 Å². The zero-order valence-electron chi connectivity index (χ0n) is 14.8. The van der Waals surface area contributed by atoms with E-state index in [9.17, 15) is 8.42 Å². The number of hydrogen-bond donors (Lipinski definition) is 1. The van der Waals surface area contributed by atoms with Gasteiger partial charge in [-0.25, -0.2) is 13.1 Å². The fourth-order valence-electron chi connectivity index (χ4n) is 2.95. The van der Waals surface area contributed by atoms with Crippen molar-refractivity contribution < 1.29 is 17.9 Å². The van der Waals surface area contributed by atoms with Crippen molar-refractivity contribution in [3.8, 4) is 16.2 Å². The lowest BCUT2D eigenvalue weighted by Gasteiger charge is -2.31. The first-order chi connectivity index (χ1) is 12.6. The molecule has 26 heavy (non-hydrogen) atoms. The van der Waals surface area contributed by atoms with Gasteiger partial charge in [0.2, 0.25) is 10.0 Å². The fraction of sp³-hybridized carbons (Fsp3) is 0.500. The van der Waals surface area contributed by atoms with Gasteiger partial charge in [0.05, 0.1) is 29.4 Å². The first-order valence-electron chi connectivity index (χ1n) is 8.77. The van der Waals surface area contributed by atoms with Crippen LogP contribution in [0.15, 0.2) is 36.0 Å². The molecule has 0 radical (unpaired) electrons. The molecule has 2 aromatic rings. The van der Waals surface area contributed by atoms with E-state index in [2.05, 4.69) is 9.71 Å². The predicted octanol–water partition coefficient (Wildman–Crippen LogP) is 2.92. The zero-order chi connectivity index (χ0) is 18.4. The summed E-state index contributed by atoms with van der Waals surface area (Å²) in [4.78, 5) is 5.20. The molecule has 3 rings (SSSR count). The number of sulfonamides is 1. The monoisotopic (exact) mass is 396 g/mol. The van der Waals surface area contributed by atoms with Gasteiger partial charge in [-0.1, -0.05) is 6.92 Å². The highest BCUT2D eigenvalue weighted by atomic mass is 32.2. The van der Waals surface area contributed by atoms with Gasteiger partial charge in [-0.05, 0) is 42.7 Å². The SMILES string of the molecule is CCCS(=O)(=O)N[C@H]1CCOC[C@@H]1COc1ccc(-c2cncs2)cc1. The Morgan fingerprint density at radius 1 is 1.35 bits per heavy atom. The Bertz CT molecular complexity index is 776. The molecule has 1 N–H and O–H groups in total. The normalized spacial score (nSPS) is 20.8. The second-order valence-corrected chi connectivity index (χ2v) is 9.13. The van der Waals surface area contributed by atoms with Gasteiger partial charge < -0.3 is 9.47 Å². The topological polar surface area (TPSA) is 77.5 Å². The summed E-state index contributed by atoms with van der Waals surface area (Å²) in [7, 11) is -3.24. The number of ether oxygens (including phenoxy) is 2. The molecule has 0 spiro atoms. The minimum absolute atomic E-state index is 0.00319. The van der Waals surface area contributed by atoms with E-state index in [0.717, 1.165) is 16.2 Å². The number of benzene rings is 1. The summed E-state index contributed by atoms with van der Waals surface area (Å²) >= 11 is 1.59. The molecule has 0 unspecified atom stereocenters. The van der Waals surface area contributed by atoms with Crippen LogP contribution >= 0.6 is 11.3 Å². The Morgan fingerprint density at radius 3 is 2.85 bits per heavy atom. The molecule has 0 aliphatic carbocycles. The molecule has 1 aliphatic rings. The van der Waals surface area contributed by atoms with E-state index in [1.807, 2.05) is 42.9 Å². The average molecular weight is 397 g/mol. The first kappa shape index (κ1) is 19.3. The Hall–Kier alpha value is -1.48. The minimum atomic E-state index is -3.24. The highest BCUT2D eigenvalue weighted by Gasteiger charge is 2.29. The molecule has 1 saturated heterocycles. The molecule has 1 fully saturated rings. The van der Waals surface area contributed by atoms with Crippen LogP contribution in [0.1, 0.15) is 19.8 Å². The second-order valence-electron chi connectivity index (χ2n) is 6.37. The molecule has 1 aromatic heterocycles. The first-order valence-corrected chi connectivity index (χ1v) is 11.3. The number of rotatable bonds is 8. The van der Waals surface area contributed by atoms with E-state index in [1.165, 1.54) is 0 Å². The summed E-state index contributed by atoms with van der Waals surface area (Å²) in [6.07, 6.45) is 3.11. The molecular formula is C18H24N2O4S2. The van der Waals surface area contributed by atoms with Crippen LogP contribution in [0.2, 0.25) is 0 Å². The predicted molar refractivity (Wildman–Crippen MR) is 103 cm³/mol. The fourth-order valence-corrected chi connectivity index (χ4v) is 5.01. The quantitative estimate of drug-likeness (QED) is 0.742. The van der Waals surface area contributed by atoms with Gasteiger partial charge in [0, 0.05) is 24.8 Å². The van der Waals surface area contributed by atoms with Crippen molar-refractivity contribution >= 4 is 21.4 Å². The van der Waals surface area contributed by atoms with Crippen LogP contribution in [0.3, 0.4) is 0 Å². The van der Waals surface area contributed by atoms with Gasteiger partial charge >= 0.3 is 0 Å². The van der Waals surface area contributed by atoms with Crippen molar-refractivity contribution in [2.75, 3.05) is 25.6 Å². The third-order valence-electron chi connectivity index (χ3n) is 4.31. The van der Waals surface area contributed by atoms with E-state index in [-0.39, 0.29) is 17.7 Å². The highest BCUT2D eigenvalue weighted by molar-refractivity contribution is 7.89. The van der Waals surface area contributed by atoms with Gasteiger partial charge in [-0.2, -0.15) is 0 Å². The number of nitrogens with one attached hydrogen (secondary N) is 1. The lowest BCUT2D eigenvalue weighted by Crippen LogP contribution is -2.48. The lowest BCUT2D eigenvalue weighted by atomic mass is 9.98. The molecule has 6 nitrogen and oxygen atoms in total. The van der Waals surface area contributed by atoms with E-state index in [1.54, 1.807) is 11.3 Å². The molecule has 1 aliphatic heterocycles. The van der Waals surface area contributed by atoms with Gasteiger partial charge in [-0.3, -0.25) is 4.98 Å². The second kappa shape index (κ2) is 8.94. The molecule has 0 saturated carbocycles. The minimum Gasteiger partial charge on any atom is -0.493 e. The molecule has 2 heterocycles. The van der Waals surface area contributed by atoms with Crippen molar-refractivity contribution in [2.45, 2.75) is 25.8 Å². The largest absolute Gasteiger partial charge is 0.493 e. The van der Waals surface area contributed by atoms with Gasteiger partial charge in [0.25, 0.3) is 0 Å². The Morgan fingerprint density at radius 2 is 2.15 bits per heavy atom. The molecule has 0 bridgehead atoms. The van der Waals surface area contributed by atoms with E-state index in [0.29, 0.717) is 32.7 Å². The number of nitrogens with zero attached hydrogens (tertiary/aromatic N) is 1. The van der Waals surface area contributed by atoms with Crippen LogP contribution < -0.4 is 9.46 Å². The van der Waals surface area contributed by atoms with Crippen molar-refractivity contribution in [3.63, 3.8) is 0 Å². The van der Waals surface area contributed by atoms with Gasteiger partial charge in [0.1, 0.15) is 5.75 Å². The Labute approximate surface area is 158 Å². The Kier molecular flexibility index (Phi) is 6.63. The summed E-state index contributed by atoms with van der Waals surface area (Å²) in [5, 5.41) is 0. The summed E-state index contributed by atoms with van der Waals surface area (Å²) in [5.41, 5.74) is 2.91. The van der Waals surface area contributed by atoms with Crippen LogP contribution in [0.4, 0.5) is 0 Å². The smallest absolute Gasteiger partial charge is 0.211 e. The van der Waals surface area contributed by atoms with Gasteiger partial charge in [-0.15, -0.1) is 11.3 Å². The third kappa shape index (κ3) is 5.26. The van der Waals surface area contributed by atoms with E-state index in [4.69, 9.17) is 9.47 Å². The number of aromatic nitrogens is 1. The summed E-state index contributed by atoms with van der Waals surface area (Å²) in [6.45, 7) is 3.34. The van der Waals surface area contributed by atoms with Crippen LogP contribution in [-0.2, 0) is 14.8 Å². The summed E-state index contributed by atoms with van der Waals surface area (Å²) in [6, 6.07) is 7.71. The zero-order valence-corrected chi connectivity index (χ0v) is 16.4. The average Bonchev–Trinajstić information content (AvgIpc) is 3.16. The van der Waals surface area contributed by atoms with Crippen molar-refractivity contribution in [2.24, 2.45) is 5.92 Å². The maximum absolute atomic E-state index is 12.1. The van der Waals surface area contributed by atoms with Crippen molar-refractivity contribution in [3.05, 3.63) is 36.0 Å². The van der Waals surface area contributed by atoms with Crippen LogP contribution in [0.5, 0.6) is 5.75 Å². The number of thiazole rings is 1. The Balaban J connectivity index is 1.58. The molecule has 8 heteroatoms. The summed E-state index contributed by atoms with van der Waals surface area (Å²) < 4.78 is 38.4. The van der Waals surface area contributed by atoms with Crippen LogP contribution in [-0.4, -0.2) is 45.0 Å². The van der Waals surface area contributed by atoms with E-state index >= 15 is 0 Å². The molecular weight excluding hydrogens is 372 g/mol. The standard InChI is InChI=1S/C18H24N2O4S2/c1-2-9-26(21,22)20-17-7-8-23-11-15(17)12-24-16-5-3-14(4-6-16)18-10-19-13-25-18/h3-6,10,13,15,17,20H,2,7-9,11-12H2,1H3/t15-,17+/m1/s1. The lowest BCUT2D eigenvalue weighted by molar-refractivity contribution is 0.0186. The maximum Gasteiger partial charge on any atom is 0.211 e. The highest BCUT2D eigenvalue weighted by Crippen LogP contribution is 2.26. The molecule has 142 valence electrons. The van der Waals surface area contributed by atoms with Crippen molar-refractivity contribution in [1.82, 2.24) is 9.71 Å².